The first-order chi connectivity index (χ1) is 12.3. The van der Waals surface area contributed by atoms with Crippen LogP contribution in [0.2, 0.25) is 0 Å². The molecule has 0 aliphatic heterocycles. The van der Waals surface area contributed by atoms with Crippen molar-refractivity contribution in [1.29, 1.82) is 0 Å². The van der Waals surface area contributed by atoms with Gasteiger partial charge in [-0.1, -0.05) is 65.0 Å². The van der Waals surface area contributed by atoms with Crippen molar-refractivity contribution in [1.82, 2.24) is 0 Å². The lowest BCUT2D eigenvalue weighted by atomic mass is 9.86. The molecule has 0 saturated carbocycles. The van der Waals surface area contributed by atoms with Gasteiger partial charge in [0.1, 0.15) is 0 Å². The standard InChI is InChI=1S/C22H34O4/c1-16(2)14-25-21(23)13-20(22(24)26-15-17(3)4)18(5)11-12-19-9-7-6-8-10-19/h6-10,16-18,20H,11-15H2,1-5H3. The molecule has 1 aromatic rings. The minimum atomic E-state index is -0.461. The molecular weight excluding hydrogens is 328 g/mol. The molecule has 4 nitrogen and oxygen atoms in total. The van der Waals surface area contributed by atoms with Crippen LogP contribution in [0.4, 0.5) is 0 Å². The number of ether oxygens (including phenoxy) is 2. The van der Waals surface area contributed by atoms with Crippen molar-refractivity contribution in [2.24, 2.45) is 23.7 Å². The van der Waals surface area contributed by atoms with E-state index in [1.54, 1.807) is 0 Å². The highest BCUT2D eigenvalue weighted by atomic mass is 16.5. The molecule has 0 aliphatic rings. The van der Waals surface area contributed by atoms with Gasteiger partial charge in [-0.2, -0.15) is 0 Å². The SMILES string of the molecule is CC(C)COC(=O)CC(C(=O)OCC(C)C)C(C)CCc1ccccc1. The summed E-state index contributed by atoms with van der Waals surface area (Å²) in [4.78, 5) is 24.7. The fourth-order valence-corrected chi connectivity index (χ4v) is 2.61. The van der Waals surface area contributed by atoms with Crippen LogP contribution in [-0.4, -0.2) is 25.2 Å². The Hall–Kier alpha value is -1.84. The van der Waals surface area contributed by atoms with Gasteiger partial charge in [0.25, 0.3) is 0 Å². The van der Waals surface area contributed by atoms with Crippen LogP contribution in [0.3, 0.4) is 0 Å². The van der Waals surface area contributed by atoms with E-state index in [2.05, 4.69) is 12.1 Å². The maximum atomic E-state index is 12.5. The summed E-state index contributed by atoms with van der Waals surface area (Å²) in [7, 11) is 0. The normalized spacial score (nSPS) is 13.5. The van der Waals surface area contributed by atoms with Crippen LogP contribution in [0.1, 0.15) is 53.0 Å². The van der Waals surface area contributed by atoms with Gasteiger partial charge in [-0.05, 0) is 36.2 Å². The van der Waals surface area contributed by atoms with Crippen LogP contribution >= 0.6 is 0 Å². The lowest BCUT2D eigenvalue weighted by Crippen LogP contribution is -2.29. The van der Waals surface area contributed by atoms with Gasteiger partial charge in [-0.3, -0.25) is 9.59 Å². The van der Waals surface area contributed by atoms with Gasteiger partial charge in [0, 0.05) is 0 Å². The maximum absolute atomic E-state index is 12.5. The van der Waals surface area contributed by atoms with Crippen molar-refractivity contribution >= 4 is 11.9 Å². The number of hydrogen-bond donors (Lipinski definition) is 0. The predicted octanol–water partition coefficient (Wildman–Crippen LogP) is 4.66. The maximum Gasteiger partial charge on any atom is 0.309 e. The Morgan fingerprint density at radius 3 is 2.04 bits per heavy atom. The van der Waals surface area contributed by atoms with Gasteiger partial charge < -0.3 is 9.47 Å². The molecule has 0 bridgehead atoms. The second-order valence-electron chi connectivity index (χ2n) is 7.91. The molecule has 0 aliphatic carbocycles. The van der Waals surface area contributed by atoms with E-state index in [1.165, 1.54) is 5.56 Å². The van der Waals surface area contributed by atoms with E-state index in [1.807, 2.05) is 52.8 Å². The second-order valence-corrected chi connectivity index (χ2v) is 7.91. The molecule has 0 heterocycles. The quantitative estimate of drug-likeness (QED) is 0.537. The molecule has 0 saturated heterocycles. The first-order valence-corrected chi connectivity index (χ1v) is 9.65. The van der Waals surface area contributed by atoms with E-state index >= 15 is 0 Å². The fourth-order valence-electron chi connectivity index (χ4n) is 2.61. The van der Waals surface area contributed by atoms with E-state index in [9.17, 15) is 9.59 Å². The molecule has 0 radical (unpaired) electrons. The number of carbonyl (C=O) groups excluding carboxylic acids is 2. The number of rotatable bonds is 11. The molecule has 1 aromatic carbocycles. The fraction of sp³-hybridized carbons (Fsp3) is 0.636. The molecule has 146 valence electrons. The van der Waals surface area contributed by atoms with E-state index in [-0.39, 0.29) is 36.1 Å². The summed E-state index contributed by atoms with van der Waals surface area (Å²) in [6.45, 7) is 10.7. The molecule has 0 aromatic heterocycles. The zero-order valence-corrected chi connectivity index (χ0v) is 16.9. The highest BCUT2D eigenvalue weighted by Gasteiger charge is 2.30. The smallest absolute Gasteiger partial charge is 0.309 e. The van der Waals surface area contributed by atoms with Crippen LogP contribution in [0.5, 0.6) is 0 Å². The van der Waals surface area contributed by atoms with Crippen molar-refractivity contribution in [2.45, 2.75) is 53.9 Å². The number of esters is 2. The van der Waals surface area contributed by atoms with E-state index in [4.69, 9.17) is 9.47 Å². The highest BCUT2D eigenvalue weighted by molar-refractivity contribution is 5.80. The monoisotopic (exact) mass is 362 g/mol. The molecule has 0 N–H and O–H groups in total. The third kappa shape index (κ3) is 9.02. The number of carbonyl (C=O) groups is 2. The van der Waals surface area contributed by atoms with Crippen molar-refractivity contribution in [3.05, 3.63) is 35.9 Å². The third-order valence-electron chi connectivity index (χ3n) is 4.24. The van der Waals surface area contributed by atoms with Gasteiger partial charge in [-0.15, -0.1) is 0 Å². The summed E-state index contributed by atoms with van der Waals surface area (Å²) >= 11 is 0. The van der Waals surface area contributed by atoms with Crippen molar-refractivity contribution in [3.63, 3.8) is 0 Å². The first-order valence-electron chi connectivity index (χ1n) is 9.65. The molecule has 4 heteroatoms. The Labute approximate surface area is 158 Å². The van der Waals surface area contributed by atoms with Crippen LogP contribution in [0.25, 0.3) is 0 Å². The molecule has 0 amide bonds. The summed E-state index contributed by atoms with van der Waals surface area (Å²) in [6.07, 6.45) is 1.78. The van der Waals surface area contributed by atoms with Gasteiger partial charge in [0.05, 0.1) is 25.6 Å². The van der Waals surface area contributed by atoms with Crippen molar-refractivity contribution in [2.75, 3.05) is 13.2 Å². The second kappa shape index (κ2) is 11.7. The Kier molecular flexibility index (Phi) is 10.0. The topological polar surface area (TPSA) is 52.6 Å². The van der Waals surface area contributed by atoms with E-state index in [0.717, 1.165) is 12.8 Å². The molecule has 26 heavy (non-hydrogen) atoms. The Morgan fingerprint density at radius 1 is 0.885 bits per heavy atom. The average molecular weight is 363 g/mol. The first kappa shape index (κ1) is 22.2. The van der Waals surface area contributed by atoms with Gasteiger partial charge >= 0.3 is 11.9 Å². The van der Waals surface area contributed by atoms with Crippen molar-refractivity contribution < 1.29 is 19.1 Å². The number of benzene rings is 1. The average Bonchev–Trinajstić information content (AvgIpc) is 2.61. The Bertz CT molecular complexity index is 536. The van der Waals surface area contributed by atoms with E-state index in [0.29, 0.717) is 13.2 Å². The highest BCUT2D eigenvalue weighted by Crippen LogP contribution is 2.24. The largest absolute Gasteiger partial charge is 0.465 e. The zero-order valence-electron chi connectivity index (χ0n) is 16.9. The lowest BCUT2D eigenvalue weighted by molar-refractivity contribution is -0.158. The van der Waals surface area contributed by atoms with Crippen LogP contribution < -0.4 is 0 Å². The van der Waals surface area contributed by atoms with Gasteiger partial charge in [0.2, 0.25) is 0 Å². The number of aryl methyl sites for hydroxylation is 1. The molecule has 0 fully saturated rings. The molecule has 1 rings (SSSR count). The van der Waals surface area contributed by atoms with Crippen LogP contribution in [0.15, 0.2) is 30.3 Å². The zero-order chi connectivity index (χ0) is 19.5. The van der Waals surface area contributed by atoms with E-state index < -0.39 is 5.92 Å². The Balaban J connectivity index is 2.67. The third-order valence-corrected chi connectivity index (χ3v) is 4.24. The van der Waals surface area contributed by atoms with Crippen LogP contribution in [-0.2, 0) is 25.5 Å². The summed E-state index contributed by atoms with van der Waals surface area (Å²) in [6, 6.07) is 10.2. The van der Waals surface area contributed by atoms with Crippen LogP contribution in [0, 0.1) is 23.7 Å². The molecule has 2 unspecified atom stereocenters. The summed E-state index contributed by atoms with van der Waals surface area (Å²) in [5.74, 6) is -0.482. The molecular formula is C22H34O4. The minimum absolute atomic E-state index is 0.0430. The van der Waals surface area contributed by atoms with Gasteiger partial charge in [0.15, 0.2) is 0 Å². The van der Waals surface area contributed by atoms with Gasteiger partial charge in [-0.25, -0.2) is 0 Å². The summed E-state index contributed by atoms with van der Waals surface area (Å²) in [5, 5.41) is 0. The lowest BCUT2D eigenvalue weighted by Gasteiger charge is -2.22. The summed E-state index contributed by atoms with van der Waals surface area (Å²) < 4.78 is 10.7. The molecule has 0 spiro atoms. The van der Waals surface area contributed by atoms with Crippen molar-refractivity contribution in [3.8, 4) is 0 Å². The predicted molar refractivity (Wildman–Crippen MR) is 104 cm³/mol. The summed E-state index contributed by atoms with van der Waals surface area (Å²) in [5.41, 5.74) is 1.23. The molecule has 2 atom stereocenters. The Morgan fingerprint density at radius 2 is 1.46 bits per heavy atom. The minimum Gasteiger partial charge on any atom is -0.465 e. The number of hydrogen-bond acceptors (Lipinski definition) is 4.